The maximum absolute atomic E-state index is 13.5. The zero-order valence-electron chi connectivity index (χ0n) is 18.5. The molecule has 0 radical (unpaired) electrons. The number of halogens is 3. The van der Waals surface area contributed by atoms with Crippen molar-refractivity contribution in [2.75, 3.05) is 24.5 Å². The predicted octanol–water partition coefficient (Wildman–Crippen LogP) is 4.99. The number of ether oxygens (including phenoxy) is 1. The molecule has 5 rings (SSSR count). The number of benzene rings is 2. The molecule has 2 heterocycles. The highest BCUT2D eigenvalue weighted by Crippen LogP contribution is 2.46. The molecule has 1 spiro atoms. The summed E-state index contributed by atoms with van der Waals surface area (Å²) in [5.41, 5.74) is 0.942. The highest BCUT2D eigenvalue weighted by atomic mass is 19.4. The van der Waals surface area contributed by atoms with Crippen molar-refractivity contribution in [3.05, 3.63) is 65.2 Å². The molecule has 3 aliphatic rings. The van der Waals surface area contributed by atoms with Crippen LogP contribution in [0.3, 0.4) is 0 Å². The number of amides is 1. The molecule has 1 amide bonds. The van der Waals surface area contributed by atoms with Crippen LogP contribution < -0.4 is 4.90 Å². The topological polar surface area (TPSA) is 66.9 Å². The molecule has 0 aromatic heterocycles. The molecular weight excluding hydrogens is 449 g/mol. The summed E-state index contributed by atoms with van der Waals surface area (Å²) in [6.07, 6.45) is -1.36. The first kappa shape index (κ1) is 24.0. The Morgan fingerprint density at radius 1 is 1.03 bits per heavy atom. The molecule has 0 bridgehead atoms. The van der Waals surface area contributed by atoms with Crippen LogP contribution in [0.2, 0.25) is 0 Å². The fourth-order valence-corrected chi connectivity index (χ4v) is 4.76. The van der Waals surface area contributed by atoms with Crippen molar-refractivity contribution < 1.29 is 32.3 Å². The molecule has 1 aliphatic carbocycles. The second-order valence-electron chi connectivity index (χ2n) is 9.03. The second-order valence-corrected chi connectivity index (χ2v) is 9.03. The molecule has 3 fully saturated rings. The van der Waals surface area contributed by atoms with Gasteiger partial charge in [0, 0.05) is 38.2 Å². The van der Waals surface area contributed by atoms with Gasteiger partial charge in [0.15, 0.2) is 0 Å². The number of hydrogen-bond acceptors (Lipinski definition) is 5. The van der Waals surface area contributed by atoms with E-state index in [0.29, 0.717) is 50.1 Å². The van der Waals surface area contributed by atoms with Gasteiger partial charge >= 0.3 is 18.4 Å². The van der Waals surface area contributed by atoms with Crippen molar-refractivity contribution in [3.63, 3.8) is 0 Å². The number of piperidine rings is 1. The average Bonchev–Trinajstić information content (AvgIpc) is 3.60. The summed E-state index contributed by atoms with van der Waals surface area (Å²) in [5.74, 6) is 0.0603. The standard InChI is InChI=1S/C24H25F3N2O2.CO2/c25-24(26,27)21-14-17(6-9-20(21)18-7-8-18)15-28-12-10-23(11-13-28)16-29(22(30)31-23)19-4-2-1-3-5-19;2-1-3/h1-6,9,14,18H,7-8,10-13,15-16H2;. The number of hydrogen-bond donors (Lipinski definition) is 0. The zero-order valence-corrected chi connectivity index (χ0v) is 18.5. The van der Waals surface area contributed by atoms with Gasteiger partial charge in [-0.25, -0.2) is 4.79 Å². The van der Waals surface area contributed by atoms with E-state index in [-0.39, 0.29) is 18.2 Å². The van der Waals surface area contributed by atoms with Crippen LogP contribution in [0.15, 0.2) is 48.5 Å². The van der Waals surface area contributed by atoms with Gasteiger partial charge in [-0.3, -0.25) is 9.80 Å². The quantitative estimate of drug-likeness (QED) is 0.625. The third kappa shape index (κ3) is 5.32. The molecule has 180 valence electrons. The second kappa shape index (κ2) is 9.60. The lowest BCUT2D eigenvalue weighted by molar-refractivity contribution is -0.191. The third-order valence-corrected chi connectivity index (χ3v) is 6.65. The largest absolute Gasteiger partial charge is 0.441 e. The summed E-state index contributed by atoms with van der Waals surface area (Å²) in [6, 6.07) is 14.3. The molecule has 0 atom stereocenters. The lowest BCUT2D eigenvalue weighted by Crippen LogP contribution is -2.46. The van der Waals surface area contributed by atoms with Crippen molar-refractivity contribution >= 4 is 17.9 Å². The Labute approximate surface area is 195 Å². The lowest BCUT2D eigenvalue weighted by atomic mass is 9.90. The van der Waals surface area contributed by atoms with Crippen LogP contribution in [-0.4, -0.2) is 42.4 Å². The number of likely N-dealkylation sites (tertiary alicyclic amines) is 1. The Morgan fingerprint density at radius 3 is 2.26 bits per heavy atom. The summed E-state index contributed by atoms with van der Waals surface area (Å²) in [6.45, 7) is 2.35. The van der Waals surface area contributed by atoms with E-state index in [1.807, 2.05) is 36.4 Å². The maximum Gasteiger partial charge on any atom is 0.416 e. The van der Waals surface area contributed by atoms with Crippen molar-refractivity contribution in [2.24, 2.45) is 0 Å². The summed E-state index contributed by atoms with van der Waals surface area (Å²) in [4.78, 5) is 32.5. The van der Waals surface area contributed by atoms with Crippen LogP contribution in [0.4, 0.5) is 23.7 Å². The Hall–Kier alpha value is -3.16. The Kier molecular flexibility index (Phi) is 6.77. The third-order valence-electron chi connectivity index (χ3n) is 6.65. The maximum atomic E-state index is 13.5. The van der Waals surface area contributed by atoms with Crippen molar-refractivity contribution in [1.29, 1.82) is 0 Å². The van der Waals surface area contributed by atoms with Crippen LogP contribution in [0.1, 0.15) is 48.3 Å². The lowest BCUT2D eigenvalue weighted by Gasteiger charge is -2.37. The molecule has 34 heavy (non-hydrogen) atoms. The number of carbonyl (C=O) groups excluding carboxylic acids is 3. The van der Waals surface area contributed by atoms with Crippen LogP contribution in [0.25, 0.3) is 0 Å². The van der Waals surface area contributed by atoms with Gasteiger partial charge in [0.05, 0.1) is 12.1 Å². The van der Waals surface area contributed by atoms with Crippen LogP contribution in [0, 0.1) is 0 Å². The number of alkyl halides is 3. The highest BCUT2D eigenvalue weighted by Gasteiger charge is 2.47. The molecule has 1 saturated carbocycles. The van der Waals surface area contributed by atoms with E-state index in [1.165, 1.54) is 6.07 Å². The van der Waals surface area contributed by atoms with Crippen molar-refractivity contribution in [2.45, 2.75) is 49.9 Å². The molecule has 0 unspecified atom stereocenters. The molecule has 2 aromatic carbocycles. The van der Waals surface area contributed by atoms with E-state index in [0.717, 1.165) is 18.5 Å². The van der Waals surface area contributed by atoms with E-state index >= 15 is 0 Å². The van der Waals surface area contributed by atoms with Gasteiger partial charge in [-0.1, -0.05) is 30.3 Å². The molecule has 6 nitrogen and oxygen atoms in total. The highest BCUT2D eigenvalue weighted by molar-refractivity contribution is 5.90. The smallest absolute Gasteiger partial charge is 0.416 e. The normalized spacial score (nSPS) is 19.9. The number of rotatable bonds is 4. The summed E-state index contributed by atoms with van der Waals surface area (Å²) in [7, 11) is 0. The van der Waals surface area contributed by atoms with E-state index in [1.54, 1.807) is 11.0 Å². The summed E-state index contributed by atoms with van der Waals surface area (Å²) >= 11 is 0. The van der Waals surface area contributed by atoms with Gasteiger partial charge in [-0.05, 0) is 48.1 Å². The van der Waals surface area contributed by atoms with Crippen molar-refractivity contribution in [1.82, 2.24) is 4.90 Å². The number of carbonyl (C=O) groups is 1. The SMILES string of the molecule is O=C1OC2(CCN(Cc3ccc(C4CC4)c(C(F)(F)F)c3)CC2)CN1c1ccccc1.O=C=O. The number of anilines is 1. The number of para-hydroxylation sites is 1. The van der Waals surface area contributed by atoms with Gasteiger partial charge in [0.2, 0.25) is 0 Å². The molecule has 2 aromatic rings. The minimum Gasteiger partial charge on any atom is -0.441 e. The van der Waals surface area contributed by atoms with Crippen molar-refractivity contribution in [3.8, 4) is 0 Å². The van der Waals surface area contributed by atoms with Gasteiger partial charge in [0.25, 0.3) is 0 Å². The zero-order chi connectivity index (χ0) is 24.3. The first-order chi connectivity index (χ1) is 16.2. The van der Waals surface area contributed by atoms with Crippen LogP contribution in [0.5, 0.6) is 0 Å². The monoisotopic (exact) mass is 474 g/mol. The fourth-order valence-electron chi connectivity index (χ4n) is 4.76. The van der Waals surface area contributed by atoms with E-state index in [2.05, 4.69) is 4.90 Å². The Balaban J connectivity index is 0.000000868. The van der Waals surface area contributed by atoms with Crippen LogP contribution in [-0.2, 0) is 27.0 Å². The molecular formula is C25H25F3N2O4. The van der Waals surface area contributed by atoms with Gasteiger partial charge in [-0.15, -0.1) is 0 Å². The minimum atomic E-state index is -4.32. The Morgan fingerprint density at radius 2 is 1.68 bits per heavy atom. The van der Waals surface area contributed by atoms with E-state index in [9.17, 15) is 18.0 Å². The molecule has 9 heteroatoms. The van der Waals surface area contributed by atoms with E-state index in [4.69, 9.17) is 14.3 Å². The molecule has 0 N–H and O–H groups in total. The summed E-state index contributed by atoms with van der Waals surface area (Å²) in [5, 5.41) is 0. The predicted molar refractivity (Wildman–Crippen MR) is 116 cm³/mol. The van der Waals surface area contributed by atoms with Gasteiger partial charge in [0.1, 0.15) is 5.60 Å². The first-order valence-corrected chi connectivity index (χ1v) is 11.2. The fraction of sp³-hybridized carbons (Fsp3) is 0.440. The first-order valence-electron chi connectivity index (χ1n) is 11.2. The summed E-state index contributed by atoms with van der Waals surface area (Å²) < 4.78 is 46.4. The van der Waals surface area contributed by atoms with E-state index < -0.39 is 17.3 Å². The average molecular weight is 474 g/mol. The number of nitrogens with zero attached hydrogens (tertiary/aromatic N) is 2. The van der Waals surface area contributed by atoms with Crippen LogP contribution >= 0.6 is 0 Å². The Bertz CT molecular complexity index is 1060. The van der Waals surface area contributed by atoms with Gasteiger partial charge in [-0.2, -0.15) is 22.8 Å². The minimum absolute atomic E-state index is 0.0603. The molecule has 2 saturated heterocycles. The molecule has 2 aliphatic heterocycles. The van der Waals surface area contributed by atoms with Gasteiger partial charge < -0.3 is 4.74 Å².